The predicted octanol–water partition coefficient (Wildman–Crippen LogP) is 8.88. The van der Waals surface area contributed by atoms with Gasteiger partial charge in [-0.05, 0) is 114 Å². The molecule has 2 amide bonds. The average molecular weight is 885 g/mol. The van der Waals surface area contributed by atoms with Gasteiger partial charge in [0.1, 0.15) is 4.88 Å². The molecule has 0 saturated heterocycles. The molecule has 5 aromatic rings. The number of cyclic esters (lactones) is 2. The van der Waals surface area contributed by atoms with Crippen molar-refractivity contribution in [1.82, 2.24) is 0 Å². The number of nitrogens with one attached hydrogen (secondary N) is 2. The van der Waals surface area contributed by atoms with E-state index in [0.29, 0.717) is 54.9 Å². The Morgan fingerprint density at radius 1 is 0.667 bits per heavy atom. The first-order valence-electron chi connectivity index (χ1n) is 18.6. The summed E-state index contributed by atoms with van der Waals surface area (Å²) < 4.78 is 32.6. The highest BCUT2D eigenvalue weighted by Gasteiger charge is 2.26. The Morgan fingerprint density at radius 2 is 1.17 bits per heavy atom. The molecule has 4 heterocycles. The molecule has 0 radical (unpaired) electrons. The lowest BCUT2D eigenvalue weighted by molar-refractivity contribution is -0.130. The third kappa shape index (κ3) is 10.2. The number of amides is 2. The molecule has 2 N–H and O–H groups in total. The maximum atomic E-state index is 12.8. The number of carbonyl (C=O) groups excluding carboxylic acids is 5. The number of urea groups is 1. The van der Waals surface area contributed by atoms with Gasteiger partial charge in [-0.1, -0.05) is 31.7 Å². The van der Waals surface area contributed by atoms with Gasteiger partial charge in [0, 0.05) is 28.3 Å². The van der Waals surface area contributed by atoms with E-state index in [1.165, 1.54) is 49.5 Å². The Kier molecular flexibility index (Phi) is 13.3. The predicted molar refractivity (Wildman–Crippen MR) is 240 cm³/mol. The standard InChI is InChI=1S/C45H32N4O11S2.CH4/c1-55-35-23-25(7-17-33(35)57-43(52)37-5-3-19-61-37)21-31-41(50)59-39(48-31)27-9-13-29(14-10-27)46-45(54)47-30-15-11-28(12-16-30)40-49-32(42(51)60-40)22-26-8-18-34(36(24-26)56-2)58-44(53)38-6-4-20-62-38;/h3,5-19,21-24H,4,20H2,1-2H3,(H2,46,47,54);1H4/b31-21+,32-22+;. The average Bonchev–Trinajstić information content (AvgIpc) is 4.12. The number of methoxy groups -OCH3 is 2. The van der Waals surface area contributed by atoms with E-state index < -0.39 is 29.9 Å². The number of anilines is 2. The van der Waals surface area contributed by atoms with Gasteiger partial charge in [0.15, 0.2) is 34.4 Å². The van der Waals surface area contributed by atoms with E-state index in [2.05, 4.69) is 20.6 Å². The topological polar surface area (TPSA) is 190 Å². The van der Waals surface area contributed by atoms with Crippen LogP contribution in [0.25, 0.3) is 12.2 Å². The monoisotopic (exact) mass is 884 g/mol. The Labute approximate surface area is 368 Å². The molecule has 3 aliphatic heterocycles. The van der Waals surface area contributed by atoms with Gasteiger partial charge in [0.25, 0.3) is 0 Å². The number of nitrogens with zero attached hydrogens (tertiary/aromatic N) is 2. The first kappa shape index (κ1) is 43.3. The van der Waals surface area contributed by atoms with Gasteiger partial charge in [0.2, 0.25) is 11.8 Å². The van der Waals surface area contributed by atoms with E-state index in [4.69, 9.17) is 28.4 Å². The zero-order valence-corrected chi connectivity index (χ0v) is 34.3. The number of benzene rings is 4. The molecule has 0 saturated carbocycles. The van der Waals surface area contributed by atoms with Gasteiger partial charge < -0.3 is 39.1 Å². The Hall–Kier alpha value is -7.76. The van der Waals surface area contributed by atoms with Crippen molar-refractivity contribution in [3.8, 4) is 23.0 Å². The molecule has 0 fully saturated rings. The molecule has 17 heteroatoms. The molecule has 4 aromatic carbocycles. The molecule has 1 aromatic heterocycles. The maximum Gasteiger partial charge on any atom is 0.363 e. The van der Waals surface area contributed by atoms with Gasteiger partial charge in [-0.2, -0.15) is 0 Å². The first-order chi connectivity index (χ1) is 30.1. The maximum absolute atomic E-state index is 12.8. The van der Waals surface area contributed by atoms with Gasteiger partial charge in [-0.25, -0.2) is 34.0 Å². The lowest BCUT2D eigenvalue weighted by atomic mass is 10.1. The van der Waals surface area contributed by atoms with Crippen molar-refractivity contribution in [3.63, 3.8) is 0 Å². The number of esters is 4. The zero-order valence-electron chi connectivity index (χ0n) is 32.7. The number of thiophene rings is 1. The molecule has 15 nitrogen and oxygen atoms in total. The van der Waals surface area contributed by atoms with Crippen LogP contribution in [0.3, 0.4) is 0 Å². The van der Waals surface area contributed by atoms with Crippen molar-refractivity contribution in [2.45, 2.75) is 13.8 Å². The lowest BCUT2D eigenvalue weighted by Crippen LogP contribution is -2.19. The SMILES string of the molecule is C.COc1cc(/C=C2/N=C(c3ccc(NC(=O)Nc4ccc(C5=N/C(=C/c6ccc(OC(=O)c7cccs7)c(OC)c6)C(=O)O5)cc4)cc3)OC2=O)ccc1OC(=O)C1=CCCS1. The molecule has 0 spiro atoms. The lowest BCUT2D eigenvalue weighted by Gasteiger charge is -2.10. The number of rotatable bonds is 12. The van der Waals surface area contributed by atoms with Crippen molar-refractivity contribution in [1.29, 1.82) is 0 Å². The highest BCUT2D eigenvalue weighted by molar-refractivity contribution is 8.04. The van der Waals surface area contributed by atoms with Crippen molar-refractivity contribution in [2.75, 3.05) is 30.6 Å². The summed E-state index contributed by atoms with van der Waals surface area (Å²) in [6.45, 7) is 0. The third-order valence-electron chi connectivity index (χ3n) is 9.04. The fourth-order valence-corrected chi connectivity index (χ4v) is 7.49. The number of carbonyl (C=O) groups is 5. The minimum atomic E-state index is -0.657. The van der Waals surface area contributed by atoms with E-state index in [1.807, 2.05) is 6.08 Å². The van der Waals surface area contributed by atoms with Gasteiger partial charge >= 0.3 is 29.9 Å². The van der Waals surface area contributed by atoms with E-state index in [0.717, 1.165) is 12.2 Å². The van der Waals surface area contributed by atoms with Crippen LogP contribution in [0.2, 0.25) is 0 Å². The van der Waals surface area contributed by atoms with Crippen LogP contribution in [0.4, 0.5) is 16.2 Å². The molecular weight excluding hydrogens is 849 g/mol. The van der Waals surface area contributed by atoms with Crippen molar-refractivity contribution < 1.29 is 52.4 Å². The summed E-state index contributed by atoms with van der Waals surface area (Å²) in [5.74, 6) is -0.196. The molecule has 0 unspecified atom stereocenters. The zero-order chi connectivity index (χ0) is 43.2. The second-order valence-corrected chi connectivity index (χ2v) is 15.3. The normalized spacial score (nSPS) is 15.4. The first-order valence-corrected chi connectivity index (χ1v) is 20.5. The summed E-state index contributed by atoms with van der Waals surface area (Å²) >= 11 is 2.70. The molecule has 0 aliphatic carbocycles. The number of hydrogen-bond acceptors (Lipinski definition) is 15. The quantitative estimate of drug-likeness (QED) is 0.0689. The third-order valence-corrected chi connectivity index (χ3v) is 11.0. The molecular formula is C46H36N4O11S2. The van der Waals surface area contributed by atoms with E-state index >= 15 is 0 Å². The number of aliphatic imine (C=N–C) groups is 2. The highest BCUT2D eigenvalue weighted by atomic mass is 32.2. The van der Waals surface area contributed by atoms with Crippen LogP contribution in [0.15, 0.2) is 135 Å². The summed E-state index contributed by atoms with van der Waals surface area (Å²) in [4.78, 5) is 72.8. The van der Waals surface area contributed by atoms with Crippen molar-refractivity contribution >= 4 is 88.3 Å². The highest BCUT2D eigenvalue weighted by Crippen LogP contribution is 2.34. The summed E-state index contributed by atoms with van der Waals surface area (Å²) in [7, 11) is 2.89. The van der Waals surface area contributed by atoms with Crippen molar-refractivity contribution in [3.05, 3.63) is 152 Å². The summed E-state index contributed by atoms with van der Waals surface area (Å²) in [5.41, 5.74) is 3.15. The number of ether oxygens (including phenoxy) is 6. The second kappa shape index (κ2) is 19.3. The fourth-order valence-electron chi connectivity index (χ4n) is 6.04. The van der Waals surface area contributed by atoms with Crippen LogP contribution in [0.1, 0.15) is 45.8 Å². The molecule has 318 valence electrons. The summed E-state index contributed by atoms with van der Waals surface area (Å²) in [5, 5.41) is 7.26. The number of hydrogen-bond donors (Lipinski definition) is 2. The second-order valence-electron chi connectivity index (χ2n) is 13.2. The van der Waals surface area contributed by atoms with E-state index in [-0.39, 0.29) is 42.1 Å². The summed E-state index contributed by atoms with van der Waals surface area (Å²) in [6.07, 6.45) is 5.70. The van der Waals surface area contributed by atoms with Gasteiger partial charge in [0.05, 0.1) is 19.1 Å². The van der Waals surface area contributed by atoms with Gasteiger partial charge in [-0.15, -0.1) is 23.1 Å². The fraction of sp³-hybridized carbons (Fsp3) is 0.109. The Morgan fingerprint density at radius 3 is 1.62 bits per heavy atom. The number of allylic oxidation sites excluding steroid dienone is 1. The Bertz CT molecular complexity index is 2770. The van der Waals surface area contributed by atoms with Gasteiger partial charge in [-0.3, -0.25) is 0 Å². The van der Waals surface area contributed by atoms with Crippen LogP contribution in [0, 0.1) is 0 Å². The van der Waals surface area contributed by atoms with Crippen LogP contribution < -0.4 is 29.6 Å². The summed E-state index contributed by atoms with van der Waals surface area (Å²) in [6, 6.07) is 25.7. The van der Waals surface area contributed by atoms with E-state index in [1.54, 1.807) is 102 Å². The van der Waals surface area contributed by atoms with Crippen LogP contribution in [0.5, 0.6) is 23.0 Å². The smallest absolute Gasteiger partial charge is 0.363 e. The van der Waals surface area contributed by atoms with E-state index in [9.17, 15) is 24.0 Å². The minimum absolute atomic E-state index is 0. The number of thioether (sulfide) groups is 1. The van der Waals surface area contributed by atoms with Crippen LogP contribution >= 0.6 is 23.1 Å². The molecule has 8 rings (SSSR count). The molecule has 0 atom stereocenters. The molecule has 3 aliphatic rings. The Balaban J connectivity index is 0.00000595. The largest absolute Gasteiger partial charge is 0.493 e. The molecule has 0 bridgehead atoms. The minimum Gasteiger partial charge on any atom is -0.493 e. The van der Waals surface area contributed by atoms with Crippen LogP contribution in [-0.4, -0.2) is 61.7 Å². The molecule has 63 heavy (non-hydrogen) atoms. The van der Waals surface area contributed by atoms with Crippen molar-refractivity contribution in [2.24, 2.45) is 9.98 Å². The van der Waals surface area contributed by atoms with Crippen LogP contribution in [-0.2, 0) is 23.9 Å².